The lowest BCUT2D eigenvalue weighted by Gasteiger charge is -2.01. The number of H-pyrrole nitrogens is 1. The van der Waals surface area contributed by atoms with Crippen LogP contribution >= 0.6 is 15.9 Å². The summed E-state index contributed by atoms with van der Waals surface area (Å²) < 4.78 is 0. The van der Waals surface area contributed by atoms with Crippen molar-refractivity contribution in [1.29, 1.82) is 0 Å². The molecule has 0 saturated heterocycles. The highest BCUT2D eigenvalue weighted by atomic mass is 79.9. The molecule has 1 aromatic carbocycles. The van der Waals surface area contributed by atoms with Gasteiger partial charge in [0.2, 0.25) is 0 Å². The summed E-state index contributed by atoms with van der Waals surface area (Å²) in [6, 6.07) is 5.27. The van der Waals surface area contributed by atoms with Crippen molar-refractivity contribution in [2.45, 2.75) is 5.33 Å². The Morgan fingerprint density at radius 1 is 1.50 bits per heavy atom. The number of benzene rings is 1. The normalized spacial score (nSPS) is 10.6. The Balaban J connectivity index is 2.73. The maximum atomic E-state index is 10.8. The van der Waals surface area contributed by atoms with Crippen molar-refractivity contribution < 1.29 is 9.90 Å². The lowest BCUT2D eigenvalue weighted by Crippen LogP contribution is -1.97. The van der Waals surface area contributed by atoms with E-state index in [1.54, 1.807) is 12.1 Å². The molecule has 0 spiro atoms. The van der Waals surface area contributed by atoms with Crippen LogP contribution in [0.2, 0.25) is 0 Å². The molecule has 0 bridgehead atoms. The molecule has 0 aliphatic carbocycles. The third-order valence-corrected chi connectivity index (χ3v) is 2.75. The highest BCUT2D eigenvalue weighted by Gasteiger charge is 2.08. The summed E-state index contributed by atoms with van der Waals surface area (Å²) in [7, 11) is 0. The molecule has 0 aliphatic rings. The molecule has 0 unspecified atom stereocenters. The first-order valence-corrected chi connectivity index (χ1v) is 5.24. The van der Waals surface area contributed by atoms with Gasteiger partial charge in [-0.1, -0.05) is 15.9 Å². The van der Waals surface area contributed by atoms with Crippen LogP contribution in [-0.2, 0) is 5.33 Å². The number of carboxylic acids is 1. The van der Waals surface area contributed by atoms with Crippen LogP contribution in [0.1, 0.15) is 15.9 Å². The summed E-state index contributed by atoms with van der Waals surface area (Å²) in [6.07, 6.45) is 1.81. The van der Waals surface area contributed by atoms with Gasteiger partial charge < -0.3 is 10.1 Å². The molecule has 1 heterocycles. The first-order chi connectivity index (χ1) is 6.72. The number of aromatic nitrogens is 1. The number of halogens is 1. The van der Waals surface area contributed by atoms with Gasteiger partial charge in [0, 0.05) is 22.4 Å². The first kappa shape index (κ1) is 9.27. The van der Waals surface area contributed by atoms with Gasteiger partial charge in [0.15, 0.2) is 0 Å². The molecule has 4 heteroatoms. The van der Waals surface area contributed by atoms with Crippen molar-refractivity contribution in [3.63, 3.8) is 0 Å². The minimum atomic E-state index is -0.899. The van der Waals surface area contributed by atoms with Gasteiger partial charge in [-0.15, -0.1) is 0 Å². The van der Waals surface area contributed by atoms with Crippen molar-refractivity contribution in [2.75, 3.05) is 0 Å². The molecule has 0 aliphatic heterocycles. The largest absolute Gasteiger partial charge is 0.478 e. The molecular weight excluding hydrogens is 246 g/mol. The highest BCUT2D eigenvalue weighted by Crippen LogP contribution is 2.22. The Kier molecular flexibility index (Phi) is 2.29. The fourth-order valence-corrected chi connectivity index (χ4v) is 1.94. The molecule has 14 heavy (non-hydrogen) atoms. The lowest BCUT2D eigenvalue weighted by atomic mass is 10.1. The summed E-state index contributed by atoms with van der Waals surface area (Å²) in [5.74, 6) is -0.899. The molecule has 1 aromatic heterocycles. The van der Waals surface area contributed by atoms with Gasteiger partial charge in [0.1, 0.15) is 0 Å². The van der Waals surface area contributed by atoms with E-state index >= 15 is 0 Å². The van der Waals surface area contributed by atoms with Crippen LogP contribution in [-0.4, -0.2) is 16.1 Å². The number of carboxylic acid groups (broad SMARTS) is 1. The summed E-state index contributed by atoms with van der Waals surface area (Å²) in [6.45, 7) is 0. The average Bonchev–Trinajstić information content (AvgIpc) is 2.63. The first-order valence-electron chi connectivity index (χ1n) is 4.11. The zero-order chi connectivity index (χ0) is 10.1. The number of hydrogen-bond donors (Lipinski definition) is 2. The minimum absolute atomic E-state index is 0.314. The van der Waals surface area contributed by atoms with Crippen LogP contribution in [0.3, 0.4) is 0 Å². The fourth-order valence-electron chi connectivity index (χ4n) is 1.48. The van der Waals surface area contributed by atoms with Crippen LogP contribution in [0.4, 0.5) is 0 Å². The smallest absolute Gasteiger partial charge is 0.335 e. The lowest BCUT2D eigenvalue weighted by molar-refractivity contribution is 0.0697. The number of alkyl halides is 1. The quantitative estimate of drug-likeness (QED) is 0.809. The molecule has 0 fully saturated rings. The van der Waals surface area contributed by atoms with Gasteiger partial charge in [-0.3, -0.25) is 0 Å². The van der Waals surface area contributed by atoms with E-state index in [0.29, 0.717) is 10.9 Å². The Morgan fingerprint density at radius 2 is 2.29 bits per heavy atom. The van der Waals surface area contributed by atoms with E-state index in [9.17, 15) is 4.79 Å². The number of nitrogens with one attached hydrogen (secondary N) is 1. The van der Waals surface area contributed by atoms with Gasteiger partial charge in [-0.05, 0) is 23.8 Å². The van der Waals surface area contributed by atoms with Crippen molar-refractivity contribution >= 4 is 32.8 Å². The maximum Gasteiger partial charge on any atom is 0.335 e. The monoisotopic (exact) mass is 253 g/mol. The summed E-state index contributed by atoms with van der Waals surface area (Å²) in [5, 5.41) is 10.6. The van der Waals surface area contributed by atoms with Crippen LogP contribution in [0.5, 0.6) is 0 Å². The molecule has 0 radical (unpaired) electrons. The van der Waals surface area contributed by atoms with Gasteiger partial charge in [-0.25, -0.2) is 4.79 Å². The molecule has 2 N–H and O–H groups in total. The summed E-state index contributed by atoms with van der Waals surface area (Å²) >= 11 is 3.34. The Hall–Kier alpha value is -1.29. The number of rotatable bonds is 2. The van der Waals surface area contributed by atoms with Crippen molar-refractivity contribution in [1.82, 2.24) is 4.98 Å². The second-order valence-electron chi connectivity index (χ2n) is 3.01. The predicted octanol–water partition coefficient (Wildman–Crippen LogP) is 2.76. The van der Waals surface area contributed by atoms with Gasteiger partial charge in [-0.2, -0.15) is 0 Å². The molecule has 0 amide bonds. The number of aromatic carboxylic acids is 1. The highest BCUT2D eigenvalue weighted by molar-refractivity contribution is 9.08. The van der Waals surface area contributed by atoms with Gasteiger partial charge in [0.05, 0.1) is 5.56 Å². The van der Waals surface area contributed by atoms with Gasteiger partial charge >= 0.3 is 5.97 Å². The molecule has 2 rings (SSSR count). The Morgan fingerprint density at radius 3 is 2.93 bits per heavy atom. The van der Waals surface area contributed by atoms with Crippen LogP contribution < -0.4 is 0 Å². The number of fused-ring (bicyclic) bond motifs is 1. The van der Waals surface area contributed by atoms with E-state index in [1.807, 2.05) is 12.3 Å². The SMILES string of the molecule is O=C(O)c1cc(CBr)c2cc[nH]c2c1. The number of aromatic amines is 1. The van der Waals surface area contributed by atoms with E-state index in [-0.39, 0.29) is 0 Å². The minimum Gasteiger partial charge on any atom is -0.478 e. The van der Waals surface area contributed by atoms with Crippen LogP contribution in [0.15, 0.2) is 24.4 Å². The van der Waals surface area contributed by atoms with Gasteiger partial charge in [0.25, 0.3) is 0 Å². The van der Waals surface area contributed by atoms with Crippen molar-refractivity contribution in [3.05, 3.63) is 35.5 Å². The standard InChI is InChI=1S/C10H8BrNO2/c11-5-7-3-6(10(13)14)4-9-8(7)1-2-12-9/h1-4,12H,5H2,(H,13,14). The number of carbonyl (C=O) groups is 1. The fraction of sp³-hybridized carbons (Fsp3) is 0.100. The third-order valence-electron chi connectivity index (χ3n) is 2.15. The Bertz CT molecular complexity index is 490. The molecule has 72 valence electrons. The average molecular weight is 254 g/mol. The van der Waals surface area contributed by atoms with E-state index in [4.69, 9.17) is 5.11 Å². The second kappa shape index (κ2) is 3.46. The molecule has 3 nitrogen and oxygen atoms in total. The van der Waals surface area contributed by atoms with E-state index in [1.165, 1.54) is 0 Å². The Labute approximate surface area is 88.9 Å². The van der Waals surface area contributed by atoms with E-state index < -0.39 is 5.97 Å². The summed E-state index contributed by atoms with van der Waals surface area (Å²) in [5.41, 5.74) is 2.16. The predicted molar refractivity (Wildman–Crippen MR) is 57.9 cm³/mol. The molecule has 0 saturated carbocycles. The van der Waals surface area contributed by atoms with E-state index in [0.717, 1.165) is 16.5 Å². The summed E-state index contributed by atoms with van der Waals surface area (Å²) in [4.78, 5) is 13.8. The van der Waals surface area contributed by atoms with Crippen LogP contribution in [0.25, 0.3) is 10.9 Å². The molecule has 0 atom stereocenters. The maximum absolute atomic E-state index is 10.8. The second-order valence-corrected chi connectivity index (χ2v) is 3.57. The van der Waals surface area contributed by atoms with E-state index in [2.05, 4.69) is 20.9 Å². The third kappa shape index (κ3) is 1.42. The number of hydrogen-bond acceptors (Lipinski definition) is 1. The molecular formula is C10H8BrNO2. The van der Waals surface area contributed by atoms with Crippen molar-refractivity contribution in [2.24, 2.45) is 0 Å². The zero-order valence-electron chi connectivity index (χ0n) is 7.25. The topological polar surface area (TPSA) is 53.1 Å². The molecule has 2 aromatic rings. The van der Waals surface area contributed by atoms with Crippen LogP contribution in [0, 0.1) is 0 Å². The van der Waals surface area contributed by atoms with Crippen molar-refractivity contribution in [3.8, 4) is 0 Å². The zero-order valence-corrected chi connectivity index (χ0v) is 8.84.